The normalized spacial score (nSPS) is 18.6. The van der Waals surface area contributed by atoms with E-state index < -0.39 is 9.84 Å². The predicted molar refractivity (Wildman–Crippen MR) is 70.4 cm³/mol. The second kappa shape index (κ2) is 4.78. The van der Waals surface area contributed by atoms with E-state index in [4.69, 9.17) is 17.3 Å². The molecule has 0 bridgehead atoms. The monoisotopic (exact) mass is 288 g/mol. The fourth-order valence-electron chi connectivity index (χ4n) is 1.81. The summed E-state index contributed by atoms with van der Waals surface area (Å²) in [5.74, 6) is -0.275. The lowest BCUT2D eigenvalue weighted by atomic mass is 10.1. The molecule has 1 saturated heterocycles. The smallest absolute Gasteiger partial charge is 0.256 e. The number of halogens is 1. The average molecular weight is 289 g/mol. The van der Waals surface area contributed by atoms with Gasteiger partial charge in [-0.1, -0.05) is 17.7 Å². The van der Waals surface area contributed by atoms with Gasteiger partial charge in [-0.15, -0.1) is 0 Å². The Bertz CT molecular complexity index is 572. The molecule has 1 aliphatic heterocycles. The van der Waals surface area contributed by atoms with Crippen molar-refractivity contribution < 1.29 is 13.2 Å². The molecular formula is C11H13ClN2O3S. The van der Waals surface area contributed by atoms with E-state index in [1.807, 2.05) is 0 Å². The van der Waals surface area contributed by atoms with Crippen molar-refractivity contribution in [3.05, 3.63) is 28.8 Å². The molecule has 1 aromatic rings. The van der Waals surface area contributed by atoms with E-state index >= 15 is 0 Å². The highest BCUT2D eigenvalue weighted by atomic mass is 35.5. The highest BCUT2D eigenvalue weighted by Crippen LogP contribution is 2.24. The van der Waals surface area contributed by atoms with E-state index in [-0.39, 0.29) is 36.2 Å². The fourth-order valence-corrected chi connectivity index (χ4v) is 3.19. The summed E-state index contributed by atoms with van der Waals surface area (Å²) < 4.78 is 22.6. The van der Waals surface area contributed by atoms with E-state index in [2.05, 4.69) is 0 Å². The number of nitrogens with two attached hydrogens (primary N) is 1. The summed E-state index contributed by atoms with van der Waals surface area (Å²) in [5, 5.41) is 0.325. The van der Waals surface area contributed by atoms with Crippen molar-refractivity contribution in [1.29, 1.82) is 0 Å². The summed E-state index contributed by atoms with van der Waals surface area (Å²) >= 11 is 5.85. The first-order valence-electron chi connectivity index (χ1n) is 5.44. The Morgan fingerprint density at radius 2 is 1.89 bits per heavy atom. The van der Waals surface area contributed by atoms with Gasteiger partial charge in [0.2, 0.25) is 0 Å². The third kappa shape index (κ3) is 2.59. The van der Waals surface area contributed by atoms with Gasteiger partial charge in [0.1, 0.15) is 0 Å². The Balaban J connectivity index is 2.20. The van der Waals surface area contributed by atoms with Gasteiger partial charge in [0.25, 0.3) is 5.91 Å². The van der Waals surface area contributed by atoms with Crippen LogP contribution in [-0.2, 0) is 9.84 Å². The van der Waals surface area contributed by atoms with Gasteiger partial charge in [-0.3, -0.25) is 4.79 Å². The molecule has 0 saturated carbocycles. The van der Waals surface area contributed by atoms with Crippen LogP contribution in [0.4, 0.5) is 5.69 Å². The van der Waals surface area contributed by atoms with Gasteiger partial charge >= 0.3 is 0 Å². The molecule has 0 aromatic heterocycles. The molecular weight excluding hydrogens is 276 g/mol. The number of hydrogen-bond acceptors (Lipinski definition) is 4. The number of carbonyl (C=O) groups excluding carboxylic acids is 1. The summed E-state index contributed by atoms with van der Waals surface area (Å²) in [7, 11) is -3.00. The lowest BCUT2D eigenvalue weighted by Gasteiger charge is -2.27. The molecule has 2 N–H and O–H groups in total. The van der Waals surface area contributed by atoms with E-state index in [0.29, 0.717) is 10.6 Å². The van der Waals surface area contributed by atoms with E-state index in [1.54, 1.807) is 18.2 Å². The van der Waals surface area contributed by atoms with Gasteiger partial charge in [-0.05, 0) is 12.1 Å². The lowest BCUT2D eigenvalue weighted by Crippen LogP contribution is -2.43. The standard InChI is InChI=1S/C11H13ClN2O3S/c12-9-3-1-2-8(10(9)13)11(15)14-4-6-18(16,17)7-5-14/h1-3H,4-7,13H2. The van der Waals surface area contributed by atoms with Crippen molar-refractivity contribution in [3.8, 4) is 0 Å². The molecule has 0 atom stereocenters. The maximum Gasteiger partial charge on any atom is 0.256 e. The molecule has 1 amide bonds. The number of anilines is 1. The summed E-state index contributed by atoms with van der Waals surface area (Å²) in [6.07, 6.45) is 0. The third-order valence-corrected chi connectivity index (χ3v) is 4.85. The van der Waals surface area contributed by atoms with Gasteiger partial charge in [-0.2, -0.15) is 0 Å². The van der Waals surface area contributed by atoms with E-state index in [9.17, 15) is 13.2 Å². The Morgan fingerprint density at radius 3 is 2.50 bits per heavy atom. The molecule has 18 heavy (non-hydrogen) atoms. The number of carbonyl (C=O) groups is 1. The number of sulfone groups is 1. The van der Waals surface area contributed by atoms with Crippen LogP contribution in [0.1, 0.15) is 10.4 Å². The summed E-state index contributed by atoms with van der Waals surface area (Å²) in [6, 6.07) is 4.84. The van der Waals surface area contributed by atoms with E-state index in [0.717, 1.165) is 0 Å². The molecule has 2 rings (SSSR count). The van der Waals surface area contributed by atoms with Crippen molar-refractivity contribution in [1.82, 2.24) is 4.90 Å². The van der Waals surface area contributed by atoms with Gasteiger partial charge in [0.15, 0.2) is 9.84 Å². The molecule has 1 aliphatic rings. The Morgan fingerprint density at radius 1 is 1.28 bits per heavy atom. The average Bonchev–Trinajstić information content (AvgIpc) is 2.32. The zero-order chi connectivity index (χ0) is 13.3. The van der Waals surface area contributed by atoms with E-state index in [1.165, 1.54) is 4.90 Å². The van der Waals surface area contributed by atoms with Gasteiger partial charge in [0, 0.05) is 13.1 Å². The van der Waals surface area contributed by atoms with Crippen LogP contribution in [-0.4, -0.2) is 43.8 Å². The van der Waals surface area contributed by atoms with Crippen LogP contribution in [0.25, 0.3) is 0 Å². The number of hydrogen-bond donors (Lipinski definition) is 1. The Kier molecular flexibility index (Phi) is 3.49. The summed E-state index contributed by atoms with van der Waals surface area (Å²) in [4.78, 5) is 13.7. The van der Waals surface area contributed by atoms with Gasteiger partial charge in [0.05, 0.1) is 27.8 Å². The molecule has 0 aliphatic carbocycles. The molecule has 1 fully saturated rings. The summed E-state index contributed by atoms with van der Waals surface area (Å²) in [6.45, 7) is 0.403. The first-order chi connectivity index (χ1) is 8.41. The summed E-state index contributed by atoms with van der Waals surface area (Å²) in [5.41, 5.74) is 6.30. The number of amides is 1. The minimum atomic E-state index is -3.00. The van der Waals surface area contributed by atoms with Crippen LogP contribution in [0.15, 0.2) is 18.2 Å². The van der Waals surface area contributed by atoms with Crippen LogP contribution in [0, 0.1) is 0 Å². The number of rotatable bonds is 1. The van der Waals surface area contributed by atoms with Crippen molar-refractivity contribution in [2.45, 2.75) is 0 Å². The Labute approximate surface area is 110 Å². The van der Waals surface area contributed by atoms with Crippen LogP contribution < -0.4 is 5.73 Å². The molecule has 1 aromatic carbocycles. The van der Waals surface area contributed by atoms with Crippen molar-refractivity contribution in [3.63, 3.8) is 0 Å². The van der Waals surface area contributed by atoms with Crippen LogP contribution in [0.2, 0.25) is 5.02 Å². The highest BCUT2D eigenvalue weighted by Gasteiger charge is 2.26. The second-order valence-corrected chi connectivity index (χ2v) is 6.86. The number of benzene rings is 1. The molecule has 7 heteroatoms. The van der Waals surface area contributed by atoms with Crippen molar-refractivity contribution in [2.75, 3.05) is 30.3 Å². The van der Waals surface area contributed by atoms with Crippen molar-refractivity contribution in [2.24, 2.45) is 0 Å². The van der Waals surface area contributed by atoms with Crippen LogP contribution in [0.3, 0.4) is 0 Å². The number of para-hydroxylation sites is 1. The molecule has 0 radical (unpaired) electrons. The SMILES string of the molecule is Nc1c(Cl)cccc1C(=O)N1CCS(=O)(=O)CC1. The number of nitrogen functional groups attached to an aromatic ring is 1. The van der Waals surface area contributed by atoms with Crippen LogP contribution in [0.5, 0.6) is 0 Å². The zero-order valence-corrected chi connectivity index (χ0v) is 11.2. The Hall–Kier alpha value is -1.27. The van der Waals surface area contributed by atoms with Gasteiger partial charge in [-0.25, -0.2) is 8.42 Å². The quantitative estimate of drug-likeness (QED) is 0.775. The fraction of sp³-hybridized carbons (Fsp3) is 0.364. The van der Waals surface area contributed by atoms with Crippen LogP contribution >= 0.6 is 11.6 Å². The minimum absolute atomic E-state index is 0.000783. The zero-order valence-electron chi connectivity index (χ0n) is 9.60. The lowest BCUT2D eigenvalue weighted by molar-refractivity contribution is 0.0771. The molecule has 0 spiro atoms. The minimum Gasteiger partial charge on any atom is -0.397 e. The highest BCUT2D eigenvalue weighted by molar-refractivity contribution is 7.91. The van der Waals surface area contributed by atoms with Gasteiger partial charge < -0.3 is 10.6 Å². The largest absolute Gasteiger partial charge is 0.397 e. The maximum atomic E-state index is 12.2. The molecule has 5 nitrogen and oxygen atoms in total. The maximum absolute atomic E-state index is 12.2. The third-order valence-electron chi connectivity index (χ3n) is 2.91. The predicted octanol–water partition coefficient (Wildman–Crippen LogP) is 0.793. The first-order valence-corrected chi connectivity index (χ1v) is 7.64. The molecule has 0 unspecified atom stereocenters. The molecule has 1 heterocycles. The topological polar surface area (TPSA) is 80.5 Å². The van der Waals surface area contributed by atoms with Crippen molar-refractivity contribution >= 4 is 33.0 Å². The first kappa shape index (κ1) is 13.2. The second-order valence-electron chi connectivity index (χ2n) is 4.15. The molecule has 98 valence electrons. The number of nitrogens with zero attached hydrogens (tertiary/aromatic N) is 1.